The van der Waals surface area contributed by atoms with Gasteiger partial charge in [0.2, 0.25) is 11.8 Å². The number of piperidine rings is 1. The minimum absolute atomic E-state index is 0.0334. The van der Waals surface area contributed by atoms with Gasteiger partial charge in [0.15, 0.2) is 0 Å². The number of urea groups is 1. The molecule has 0 bridgehead atoms. The van der Waals surface area contributed by atoms with Gasteiger partial charge in [-0.25, -0.2) is 4.79 Å². The number of nitrogens with zero attached hydrogens (tertiary/aromatic N) is 2. The van der Waals surface area contributed by atoms with Gasteiger partial charge < -0.3 is 25.8 Å². The zero-order valence-corrected chi connectivity index (χ0v) is 18.3. The minimum Gasteiger partial charge on any atom is -0.359 e. The van der Waals surface area contributed by atoms with Crippen LogP contribution in [0.2, 0.25) is 5.02 Å². The van der Waals surface area contributed by atoms with E-state index in [0.717, 1.165) is 18.5 Å². The van der Waals surface area contributed by atoms with E-state index >= 15 is 0 Å². The predicted molar refractivity (Wildman–Crippen MR) is 118 cm³/mol. The molecular weight excluding hydrogens is 406 g/mol. The summed E-state index contributed by atoms with van der Waals surface area (Å²) in [7, 11) is 0. The number of hydrogen-bond donors (Lipinski definition) is 3. The molecule has 2 heterocycles. The number of carbonyl (C=O) groups excluding carboxylic acids is 3. The Bertz CT molecular complexity index is 801. The number of anilines is 2. The first-order chi connectivity index (χ1) is 14.3. The summed E-state index contributed by atoms with van der Waals surface area (Å²) < 4.78 is 0. The molecule has 4 amide bonds. The standard InChI is InChI=1S/C21H30ClN5O3/c1-14(2)11-24-21(30)27-8-3-4-15(12-27)20(29)25-16-5-6-18(17(22)10-16)26-9-7-23-19(28)13-26/h5-6,10,14-15H,3-4,7-9,11-13H2,1-2H3,(H,23,28)(H,24,30)(H,25,29)/t15-/m1/s1. The molecular formula is C21H30ClN5O3. The number of hydrogen-bond acceptors (Lipinski definition) is 4. The van der Waals surface area contributed by atoms with Crippen molar-refractivity contribution in [1.29, 1.82) is 0 Å². The van der Waals surface area contributed by atoms with Crippen molar-refractivity contribution >= 4 is 40.8 Å². The first-order valence-electron chi connectivity index (χ1n) is 10.5. The highest BCUT2D eigenvalue weighted by Gasteiger charge is 2.28. The summed E-state index contributed by atoms with van der Waals surface area (Å²) in [5.41, 5.74) is 1.38. The third-order valence-corrected chi connectivity index (χ3v) is 5.64. The lowest BCUT2D eigenvalue weighted by atomic mass is 9.97. The Hall–Kier alpha value is -2.48. The lowest BCUT2D eigenvalue weighted by Gasteiger charge is -2.32. The van der Waals surface area contributed by atoms with Crippen molar-refractivity contribution in [2.45, 2.75) is 26.7 Å². The van der Waals surface area contributed by atoms with Crippen LogP contribution in [0.4, 0.5) is 16.2 Å². The lowest BCUT2D eigenvalue weighted by Crippen LogP contribution is -2.48. The molecule has 0 radical (unpaired) electrons. The summed E-state index contributed by atoms with van der Waals surface area (Å²) in [6.07, 6.45) is 1.54. The Morgan fingerprint density at radius 3 is 2.80 bits per heavy atom. The number of amides is 4. The molecule has 1 aromatic carbocycles. The molecule has 0 spiro atoms. The van der Waals surface area contributed by atoms with Crippen molar-refractivity contribution in [2.75, 3.05) is 49.5 Å². The molecule has 30 heavy (non-hydrogen) atoms. The van der Waals surface area contributed by atoms with Crippen LogP contribution >= 0.6 is 11.6 Å². The van der Waals surface area contributed by atoms with Crippen molar-refractivity contribution in [3.8, 4) is 0 Å². The van der Waals surface area contributed by atoms with Gasteiger partial charge in [-0.3, -0.25) is 9.59 Å². The monoisotopic (exact) mass is 435 g/mol. The molecule has 0 saturated carbocycles. The summed E-state index contributed by atoms with van der Waals surface area (Å²) in [6.45, 7) is 7.32. The van der Waals surface area contributed by atoms with Crippen LogP contribution in [0, 0.1) is 11.8 Å². The second-order valence-corrected chi connectivity index (χ2v) is 8.70. The Kier molecular flexibility index (Phi) is 7.42. The number of halogens is 1. The zero-order valence-electron chi connectivity index (χ0n) is 17.5. The number of nitrogens with one attached hydrogen (secondary N) is 3. The number of carbonyl (C=O) groups is 3. The summed E-state index contributed by atoms with van der Waals surface area (Å²) in [4.78, 5) is 40.3. The van der Waals surface area contributed by atoms with Crippen LogP contribution < -0.4 is 20.9 Å². The molecule has 3 N–H and O–H groups in total. The summed E-state index contributed by atoms with van der Waals surface area (Å²) in [6, 6.07) is 5.21. The van der Waals surface area contributed by atoms with Crippen molar-refractivity contribution in [3.63, 3.8) is 0 Å². The fourth-order valence-corrected chi connectivity index (χ4v) is 4.01. The maximum atomic E-state index is 12.8. The largest absolute Gasteiger partial charge is 0.359 e. The van der Waals surface area contributed by atoms with E-state index in [-0.39, 0.29) is 30.3 Å². The van der Waals surface area contributed by atoms with Gasteiger partial charge >= 0.3 is 6.03 Å². The quantitative estimate of drug-likeness (QED) is 0.661. The van der Waals surface area contributed by atoms with Crippen molar-refractivity contribution in [2.24, 2.45) is 11.8 Å². The average Bonchev–Trinajstić information content (AvgIpc) is 2.72. The van der Waals surface area contributed by atoms with Crippen LogP contribution in [-0.4, -0.2) is 62.0 Å². The van der Waals surface area contributed by atoms with Crippen LogP contribution in [0.25, 0.3) is 0 Å². The number of benzene rings is 1. The van der Waals surface area contributed by atoms with E-state index < -0.39 is 0 Å². The lowest BCUT2D eigenvalue weighted by molar-refractivity contribution is -0.121. The molecule has 0 unspecified atom stereocenters. The van der Waals surface area contributed by atoms with E-state index in [1.165, 1.54) is 0 Å². The van der Waals surface area contributed by atoms with Gasteiger partial charge in [-0.15, -0.1) is 0 Å². The van der Waals surface area contributed by atoms with Crippen LogP contribution in [0.5, 0.6) is 0 Å². The van der Waals surface area contributed by atoms with Crippen molar-refractivity contribution < 1.29 is 14.4 Å². The molecule has 1 aromatic rings. The Balaban J connectivity index is 1.58. The zero-order chi connectivity index (χ0) is 21.7. The Labute approximate surface area is 182 Å². The molecule has 0 aromatic heterocycles. The number of likely N-dealkylation sites (tertiary alicyclic amines) is 1. The highest BCUT2D eigenvalue weighted by atomic mass is 35.5. The van der Waals surface area contributed by atoms with Gasteiger partial charge in [-0.1, -0.05) is 25.4 Å². The normalized spacial score (nSPS) is 19.5. The van der Waals surface area contributed by atoms with E-state index in [2.05, 4.69) is 16.0 Å². The summed E-state index contributed by atoms with van der Waals surface area (Å²) >= 11 is 6.42. The third-order valence-electron chi connectivity index (χ3n) is 5.34. The third kappa shape index (κ3) is 5.78. The first-order valence-corrected chi connectivity index (χ1v) is 10.9. The maximum absolute atomic E-state index is 12.8. The highest BCUT2D eigenvalue weighted by Crippen LogP contribution is 2.30. The molecule has 0 aliphatic carbocycles. The smallest absolute Gasteiger partial charge is 0.317 e. The van der Waals surface area contributed by atoms with E-state index in [1.807, 2.05) is 24.8 Å². The van der Waals surface area contributed by atoms with Gasteiger partial charge in [0.25, 0.3) is 0 Å². The van der Waals surface area contributed by atoms with E-state index in [9.17, 15) is 14.4 Å². The molecule has 2 saturated heterocycles. The number of piperazine rings is 1. The Morgan fingerprint density at radius 1 is 1.30 bits per heavy atom. The average molecular weight is 436 g/mol. The van der Waals surface area contributed by atoms with Crippen molar-refractivity contribution in [1.82, 2.24) is 15.5 Å². The highest BCUT2D eigenvalue weighted by molar-refractivity contribution is 6.33. The van der Waals surface area contributed by atoms with Crippen LogP contribution in [-0.2, 0) is 9.59 Å². The summed E-state index contributed by atoms with van der Waals surface area (Å²) in [5.74, 6) is -0.0239. The number of rotatable bonds is 5. The first kappa shape index (κ1) is 22.2. The fourth-order valence-electron chi connectivity index (χ4n) is 3.71. The van der Waals surface area contributed by atoms with Gasteiger partial charge in [-0.2, -0.15) is 0 Å². The van der Waals surface area contributed by atoms with Gasteiger partial charge in [0.05, 0.1) is 23.2 Å². The minimum atomic E-state index is -0.257. The van der Waals surface area contributed by atoms with Crippen LogP contribution in [0.15, 0.2) is 18.2 Å². The van der Waals surface area contributed by atoms with Crippen LogP contribution in [0.3, 0.4) is 0 Å². The predicted octanol–water partition coefficient (Wildman–Crippen LogP) is 2.29. The fraction of sp³-hybridized carbons (Fsp3) is 0.571. The molecule has 9 heteroatoms. The van der Waals surface area contributed by atoms with Crippen molar-refractivity contribution in [3.05, 3.63) is 23.2 Å². The van der Waals surface area contributed by atoms with E-state index in [1.54, 1.807) is 17.0 Å². The molecule has 2 aliphatic heterocycles. The molecule has 2 fully saturated rings. The summed E-state index contributed by atoms with van der Waals surface area (Å²) in [5, 5.41) is 9.11. The molecule has 3 rings (SSSR count). The van der Waals surface area contributed by atoms with Crippen LogP contribution in [0.1, 0.15) is 26.7 Å². The Morgan fingerprint density at radius 2 is 2.10 bits per heavy atom. The second kappa shape index (κ2) is 10.0. The van der Waals surface area contributed by atoms with Gasteiger partial charge in [-0.05, 0) is 37.0 Å². The van der Waals surface area contributed by atoms with Gasteiger partial charge in [0, 0.05) is 38.4 Å². The molecule has 1 atom stereocenters. The second-order valence-electron chi connectivity index (χ2n) is 8.29. The van der Waals surface area contributed by atoms with E-state index in [4.69, 9.17) is 11.6 Å². The molecule has 2 aliphatic rings. The topological polar surface area (TPSA) is 93.8 Å². The SMILES string of the molecule is CC(C)CNC(=O)N1CCC[C@@H](C(=O)Nc2ccc(N3CCNC(=O)C3)c(Cl)c2)C1. The maximum Gasteiger partial charge on any atom is 0.317 e. The van der Waals surface area contributed by atoms with Gasteiger partial charge in [0.1, 0.15) is 0 Å². The molecule has 164 valence electrons. The van der Waals surface area contributed by atoms with E-state index in [0.29, 0.717) is 49.4 Å². The molecule has 8 nitrogen and oxygen atoms in total.